The summed E-state index contributed by atoms with van der Waals surface area (Å²) < 4.78 is 27.6. The van der Waals surface area contributed by atoms with E-state index in [4.69, 9.17) is 14.2 Å². The Morgan fingerprint density at radius 2 is 1.13 bits per heavy atom. The van der Waals surface area contributed by atoms with Gasteiger partial charge in [-0.15, -0.1) is 0 Å². The maximum Gasteiger partial charge on any atom is 0.308 e. The van der Waals surface area contributed by atoms with Crippen LogP contribution >= 0.6 is 0 Å². The number of carbonyl (C=O) groups excluding carboxylic acids is 3. The lowest BCUT2D eigenvalue weighted by molar-refractivity contribution is -0.154. The first-order valence-electron chi connectivity index (χ1n) is 18.6. The van der Waals surface area contributed by atoms with Gasteiger partial charge in [0.25, 0.3) is 0 Å². The summed E-state index contributed by atoms with van der Waals surface area (Å²) in [4.78, 5) is 48.8. The van der Waals surface area contributed by atoms with Crippen molar-refractivity contribution < 1.29 is 33.0 Å². The predicted molar refractivity (Wildman–Crippen MR) is 204 cm³/mol. The Bertz CT molecular complexity index is 1250. The maximum absolute atomic E-state index is 12.2. The third-order valence-electron chi connectivity index (χ3n) is 7.94. The van der Waals surface area contributed by atoms with Crippen LogP contribution in [0.15, 0.2) is 24.8 Å². The molecule has 52 heavy (non-hydrogen) atoms. The van der Waals surface area contributed by atoms with Crippen LogP contribution < -0.4 is 0 Å². The topological polar surface area (TPSA) is 130 Å². The standard InChI is InChI=1S/C9H16O2.C8H12N2.2C8H14O2.C7H9FN2.CH4/c1-6(2)9(10)11-7(3)8-4-5-8;1-6(2)8-9-4-7(3)5-10-8;1-6(2)7(9)10-8(3)4-5-8;1-6(2)8(9)10-5-7-3-4-7;1-5(2)7-9-3-6(8)4-10-7;/h6-8H,4-5H2,1-3H3;4-6H,1-3H3;6H,4-5H2,1-3H3;6-7H,3-5H2,1-2H3;3-5H,1-2H3;1H4. The van der Waals surface area contributed by atoms with Crippen molar-refractivity contribution >= 4 is 17.9 Å². The van der Waals surface area contributed by atoms with Gasteiger partial charge in [-0.2, -0.15) is 0 Å². The minimum atomic E-state index is -0.385. The van der Waals surface area contributed by atoms with Crippen molar-refractivity contribution in [2.75, 3.05) is 6.61 Å². The van der Waals surface area contributed by atoms with Crippen LogP contribution in [0.4, 0.5) is 4.39 Å². The van der Waals surface area contributed by atoms with Crippen molar-refractivity contribution in [3.63, 3.8) is 0 Å². The molecule has 10 nitrogen and oxygen atoms in total. The third kappa shape index (κ3) is 22.4. The molecule has 0 saturated heterocycles. The van der Waals surface area contributed by atoms with Crippen LogP contribution in [0.1, 0.15) is 158 Å². The molecule has 2 heterocycles. The van der Waals surface area contributed by atoms with Crippen LogP contribution in [0.5, 0.6) is 0 Å². The minimum absolute atomic E-state index is 0. The van der Waals surface area contributed by atoms with Crippen LogP contribution in [0.3, 0.4) is 0 Å². The Kier molecular flexibility index (Phi) is 22.3. The van der Waals surface area contributed by atoms with Crippen LogP contribution in [0.25, 0.3) is 0 Å². The van der Waals surface area contributed by atoms with E-state index in [1.807, 2.05) is 88.6 Å². The number of esters is 3. The number of hydrogen-bond acceptors (Lipinski definition) is 10. The monoisotopic (exact) mass is 733 g/mol. The van der Waals surface area contributed by atoms with Gasteiger partial charge in [0.2, 0.25) is 0 Å². The van der Waals surface area contributed by atoms with Crippen molar-refractivity contribution in [2.45, 2.75) is 160 Å². The van der Waals surface area contributed by atoms with E-state index in [1.54, 1.807) is 0 Å². The molecule has 2 aromatic rings. The first kappa shape index (κ1) is 48.5. The Labute approximate surface area is 313 Å². The first-order chi connectivity index (χ1) is 23.7. The average Bonchev–Trinajstić information content (AvgIpc) is 3.92. The van der Waals surface area contributed by atoms with Gasteiger partial charge in [-0.05, 0) is 76.7 Å². The normalized spacial score (nSPS) is 15.6. The van der Waals surface area contributed by atoms with E-state index in [0.717, 1.165) is 24.2 Å². The largest absolute Gasteiger partial charge is 0.465 e. The van der Waals surface area contributed by atoms with Crippen molar-refractivity contribution in [3.8, 4) is 0 Å². The van der Waals surface area contributed by atoms with E-state index in [-0.39, 0.29) is 66.5 Å². The quantitative estimate of drug-likeness (QED) is 0.172. The summed E-state index contributed by atoms with van der Waals surface area (Å²) in [6.45, 7) is 25.9. The van der Waals surface area contributed by atoms with E-state index in [0.29, 0.717) is 30.2 Å². The molecule has 0 spiro atoms. The highest BCUT2D eigenvalue weighted by molar-refractivity contribution is 5.72. The fraction of sp³-hybridized carbons (Fsp3) is 0.732. The second kappa shape index (κ2) is 23.9. The fourth-order valence-corrected chi connectivity index (χ4v) is 3.59. The SMILES string of the molecule is C.CC(C)C(=O)OC(C)C1CC1.CC(C)C(=O)OC1(C)CC1.CC(C)C(=O)OCC1CC1.CC(C)c1ncc(F)cn1.Cc1cnc(C(C)C)nc1. The van der Waals surface area contributed by atoms with Crippen molar-refractivity contribution in [1.29, 1.82) is 0 Å². The molecule has 0 bridgehead atoms. The lowest BCUT2D eigenvalue weighted by Crippen LogP contribution is -2.20. The number of aromatic nitrogens is 4. The molecule has 2 aromatic heterocycles. The zero-order chi connectivity index (χ0) is 38.9. The summed E-state index contributed by atoms with van der Waals surface area (Å²) in [7, 11) is 0. The Balaban J connectivity index is 0.000000623. The molecule has 3 fully saturated rings. The molecule has 1 atom stereocenters. The molecule has 3 saturated carbocycles. The van der Waals surface area contributed by atoms with Gasteiger partial charge in [0.15, 0.2) is 5.82 Å². The average molecular weight is 733 g/mol. The van der Waals surface area contributed by atoms with Gasteiger partial charge >= 0.3 is 17.9 Å². The first-order valence-corrected chi connectivity index (χ1v) is 18.6. The highest BCUT2D eigenvalue weighted by Gasteiger charge is 2.41. The van der Waals surface area contributed by atoms with Gasteiger partial charge < -0.3 is 14.2 Å². The summed E-state index contributed by atoms with van der Waals surface area (Å²) in [6, 6.07) is 0. The molecule has 0 N–H and O–H groups in total. The molecule has 3 aliphatic rings. The molecule has 0 radical (unpaired) electrons. The number of nitrogens with zero attached hydrogens (tertiary/aromatic N) is 4. The van der Waals surface area contributed by atoms with Crippen molar-refractivity contribution in [2.24, 2.45) is 29.6 Å². The van der Waals surface area contributed by atoms with E-state index in [1.165, 1.54) is 38.1 Å². The molecular formula is C41H69FN4O6. The van der Waals surface area contributed by atoms with Gasteiger partial charge in [-0.1, -0.05) is 76.7 Å². The third-order valence-corrected chi connectivity index (χ3v) is 7.94. The van der Waals surface area contributed by atoms with Crippen molar-refractivity contribution in [1.82, 2.24) is 19.9 Å². The molecule has 1 unspecified atom stereocenters. The van der Waals surface area contributed by atoms with Crippen LogP contribution in [-0.4, -0.2) is 56.2 Å². The summed E-state index contributed by atoms with van der Waals surface area (Å²) in [5.41, 5.74) is 1.02. The summed E-state index contributed by atoms with van der Waals surface area (Å²) >= 11 is 0. The van der Waals surface area contributed by atoms with Crippen LogP contribution in [0.2, 0.25) is 0 Å². The number of aryl methyl sites for hydroxylation is 1. The zero-order valence-corrected chi connectivity index (χ0v) is 33.5. The molecule has 5 rings (SSSR count). The van der Waals surface area contributed by atoms with E-state index in [2.05, 4.69) is 33.8 Å². The predicted octanol–water partition coefficient (Wildman–Crippen LogP) is 9.60. The number of ether oxygens (including phenoxy) is 3. The molecule has 0 amide bonds. The van der Waals surface area contributed by atoms with Gasteiger partial charge in [-0.25, -0.2) is 24.3 Å². The van der Waals surface area contributed by atoms with Gasteiger partial charge in [0.1, 0.15) is 23.4 Å². The van der Waals surface area contributed by atoms with E-state index < -0.39 is 0 Å². The minimum Gasteiger partial charge on any atom is -0.465 e. The van der Waals surface area contributed by atoms with E-state index >= 15 is 0 Å². The number of rotatable bonds is 10. The lowest BCUT2D eigenvalue weighted by Gasteiger charge is -2.13. The summed E-state index contributed by atoms with van der Waals surface area (Å²) in [6.07, 6.45) is 13.2. The van der Waals surface area contributed by atoms with E-state index in [9.17, 15) is 18.8 Å². The number of halogens is 1. The molecule has 296 valence electrons. The second-order valence-corrected chi connectivity index (χ2v) is 15.6. The summed E-state index contributed by atoms with van der Waals surface area (Å²) in [5.74, 6) is 3.10. The lowest BCUT2D eigenvalue weighted by atomic mass is 10.2. The number of carbonyl (C=O) groups is 3. The second-order valence-electron chi connectivity index (χ2n) is 15.6. The van der Waals surface area contributed by atoms with Crippen LogP contribution in [-0.2, 0) is 28.6 Å². The maximum atomic E-state index is 12.2. The smallest absolute Gasteiger partial charge is 0.308 e. The highest BCUT2D eigenvalue weighted by Crippen LogP contribution is 2.39. The number of hydrogen-bond donors (Lipinski definition) is 0. The van der Waals surface area contributed by atoms with Gasteiger partial charge in [0, 0.05) is 24.2 Å². The zero-order valence-electron chi connectivity index (χ0n) is 33.5. The molecule has 0 aliphatic heterocycles. The van der Waals surface area contributed by atoms with Gasteiger partial charge in [-0.3, -0.25) is 14.4 Å². The van der Waals surface area contributed by atoms with Gasteiger partial charge in [0.05, 0.1) is 36.8 Å². The van der Waals surface area contributed by atoms with Crippen molar-refractivity contribution in [3.05, 3.63) is 47.8 Å². The Hall–Kier alpha value is -3.50. The molecular weight excluding hydrogens is 663 g/mol. The molecule has 3 aliphatic carbocycles. The van der Waals surface area contributed by atoms with Crippen LogP contribution in [0, 0.1) is 42.3 Å². The molecule has 0 aromatic carbocycles. The Morgan fingerprint density at radius 1 is 0.712 bits per heavy atom. The Morgan fingerprint density at radius 3 is 1.48 bits per heavy atom. The highest BCUT2D eigenvalue weighted by atomic mass is 19.1. The molecule has 11 heteroatoms. The summed E-state index contributed by atoms with van der Waals surface area (Å²) in [5, 5.41) is 0. The fourth-order valence-electron chi connectivity index (χ4n) is 3.59.